The third kappa shape index (κ3) is 5.75. The van der Waals surface area contributed by atoms with Gasteiger partial charge in [-0.15, -0.1) is 0 Å². The third-order valence-electron chi connectivity index (χ3n) is 4.77. The summed E-state index contributed by atoms with van der Waals surface area (Å²) in [6.45, 7) is 7.68. The SMILES string of the molecule is C=C(Nc1cnccn1)N(CCCCC)c1nc(-c2cccc(C(C)(F)F)n2)ccc1N. The highest BCUT2D eigenvalue weighted by atomic mass is 19.3. The quantitative estimate of drug-likeness (QED) is 0.419. The molecule has 0 aliphatic rings. The summed E-state index contributed by atoms with van der Waals surface area (Å²) in [5.41, 5.74) is 7.16. The van der Waals surface area contributed by atoms with Crippen LogP contribution in [0.2, 0.25) is 0 Å². The topological polar surface area (TPSA) is 92.9 Å². The Hall–Kier alpha value is -3.62. The summed E-state index contributed by atoms with van der Waals surface area (Å²) in [5, 5.41) is 3.13. The molecule has 3 aromatic heterocycles. The number of pyridine rings is 2. The van der Waals surface area contributed by atoms with Crippen molar-refractivity contribution in [3.63, 3.8) is 0 Å². The molecule has 0 unspecified atom stereocenters. The Morgan fingerprint density at radius 2 is 1.91 bits per heavy atom. The summed E-state index contributed by atoms with van der Waals surface area (Å²) in [7, 11) is 0. The van der Waals surface area contributed by atoms with Gasteiger partial charge in [-0.1, -0.05) is 32.4 Å². The van der Waals surface area contributed by atoms with Crippen molar-refractivity contribution in [2.45, 2.75) is 39.0 Å². The second kappa shape index (κ2) is 10.1. The van der Waals surface area contributed by atoms with E-state index in [-0.39, 0.29) is 5.69 Å². The van der Waals surface area contributed by atoms with Gasteiger partial charge in [0.1, 0.15) is 17.3 Å². The number of nitrogens with two attached hydrogens (primary N) is 1. The van der Waals surface area contributed by atoms with Gasteiger partial charge in [0, 0.05) is 25.9 Å². The number of anilines is 3. The predicted octanol–water partition coefficient (Wildman–Crippen LogP) is 5.21. The molecule has 3 aromatic rings. The standard InChI is InChI=1S/C23H27F2N7/c1-4-5-6-14-32(16(2)29-21-15-27-12-13-28-21)22-17(26)10-11-19(31-22)18-8-7-9-20(30-18)23(3,24)25/h7-13,15H,2,4-6,14,26H2,1,3H3,(H,28,29). The molecule has 0 saturated carbocycles. The molecule has 3 N–H and O–H groups in total. The van der Waals surface area contributed by atoms with Crippen molar-refractivity contribution in [3.05, 3.63) is 67.0 Å². The van der Waals surface area contributed by atoms with Crippen LogP contribution in [-0.2, 0) is 5.92 Å². The highest BCUT2D eigenvalue weighted by molar-refractivity contribution is 5.71. The Labute approximate surface area is 186 Å². The monoisotopic (exact) mass is 439 g/mol. The maximum Gasteiger partial charge on any atom is 0.286 e. The molecular weight excluding hydrogens is 412 g/mol. The van der Waals surface area contributed by atoms with E-state index in [2.05, 4.69) is 38.8 Å². The van der Waals surface area contributed by atoms with Crippen LogP contribution in [0.3, 0.4) is 0 Å². The van der Waals surface area contributed by atoms with Gasteiger partial charge in [-0.05, 0) is 30.7 Å². The fraction of sp³-hybridized carbons (Fsp3) is 0.304. The van der Waals surface area contributed by atoms with Crippen LogP contribution in [0.5, 0.6) is 0 Å². The van der Waals surface area contributed by atoms with Crippen molar-refractivity contribution in [2.24, 2.45) is 0 Å². The Kier molecular flexibility index (Phi) is 7.29. The molecule has 9 heteroatoms. The molecule has 0 aliphatic heterocycles. The first-order chi connectivity index (χ1) is 15.3. The van der Waals surface area contributed by atoms with E-state index in [1.165, 1.54) is 6.07 Å². The Bertz CT molecular complexity index is 1050. The number of aromatic nitrogens is 4. The van der Waals surface area contributed by atoms with Crippen LogP contribution in [0, 0.1) is 0 Å². The first-order valence-corrected chi connectivity index (χ1v) is 10.4. The number of alkyl halides is 2. The smallest absolute Gasteiger partial charge is 0.286 e. The molecule has 0 aromatic carbocycles. The summed E-state index contributed by atoms with van der Waals surface area (Å²) < 4.78 is 27.5. The predicted molar refractivity (Wildman–Crippen MR) is 123 cm³/mol. The summed E-state index contributed by atoms with van der Waals surface area (Å²) in [4.78, 5) is 18.9. The Morgan fingerprint density at radius 1 is 1.12 bits per heavy atom. The van der Waals surface area contributed by atoms with Crippen LogP contribution < -0.4 is 16.0 Å². The van der Waals surface area contributed by atoms with Gasteiger partial charge in [-0.3, -0.25) is 4.98 Å². The van der Waals surface area contributed by atoms with E-state index in [0.717, 1.165) is 26.2 Å². The van der Waals surface area contributed by atoms with E-state index in [9.17, 15) is 8.78 Å². The van der Waals surface area contributed by atoms with E-state index < -0.39 is 5.92 Å². The zero-order valence-corrected chi connectivity index (χ0v) is 18.2. The lowest BCUT2D eigenvalue weighted by molar-refractivity contribution is 0.0129. The maximum absolute atomic E-state index is 13.8. The minimum Gasteiger partial charge on any atom is -0.396 e. The lowest BCUT2D eigenvalue weighted by Crippen LogP contribution is -2.29. The number of hydrogen-bond acceptors (Lipinski definition) is 7. The number of nitrogens with one attached hydrogen (secondary N) is 1. The van der Waals surface area contributed by atoms with E-state index in [1.807, 2.05) is 4.90 Å². The van der Waals surface area contributed by atoms with Crippen LogP contribution in [0.1, 0.15) is 38.8 Å². The van der Waals surface area contributed by atoms with Crippen molar-refractivity contribution in [2.75, 3.05) is 22.5 Å². The second-order valence-corrected chi connectivity index (χ2v) is 7.43. The zero-order valence-electron chi connectivity index (χ0n) is 18.2. The van der Waals surface area contributed by atoms with Crippen LogP contribution in [-0.4, -0.2) is 26.5 Å². The Morgan fingerprint density at radius 3 is 2.59 bits per heavy atom. The van der Waals surface area contributed by atoms with E-state index in [4.69, 9.17) is 5.73 Å². The number of halogens is 2. The molecule has 32 heavy (non-hydrogen) atoms. The first-order valence-electron chi connectivity index (χ1n) is 10.4. The lowest BCUT2D eigenvalue weighted by Gasteiger charge is -2.27. The van der Waals surface area contributed by atoms with Crippen LogP contribution in [0.25, 0.3) is 11.4 Å². The van der Waals surface area contributed by atoms with E-state index >= 15 is 0 Å². The average molecular weight is 440 g/mol. The highest BCUT2D eigenvalue weighted by Gasteiger charge is 2.26. The van der Waals surface area contributed by atoms with E-state index in [1.54, 1.807) is 42.9 Å². The molecule has 0 spiro atoms. The molecule has 0 fully saturated rings. The van der Waals surface area contributed by atoms with Gasteiger partial charge in [0.05, 0.1) is 23.3 Å². The van der Waals surface area contributed by atoms with Gasteiger partial charge in [-0.25, -0.2) is 15.0 Å². The maximum atomic E-state index is 13.8. The van der Waals surface area contributed by atoms with Gasteiger partial charge >= 0.3 is 0 Å². The number of hydrogen-bond donors (Lipinski definition) is 2. The molecular formula is C23H27F2N7. The van der Waals surface area contributed by atoms with Gasteiger partial charge in [-0.2, -0.15) is 8.78 Å². The molecule has 0 bridgehead atoms. The fourth-order valence-electron chi connectivity index (χ4n) is 3.11. The number of unbranched alkanes of at least 4 members (excludes halogenated alkanes) is 2. The molecule has 0 amide bonds. The summed E-state index contributed by atoms with van der Waals surface area (Å²) in [5.74, 6) is -1.52. The van der Waals surface area contributed by atoms with Crippen molar-refractivity contribution in [3.8, 4) is 11.4 Å². The summed E-state index contributed by atoms with van der Waals surface area (Å²) >= 11 is 0. The van der Waals surface area contributed by atoms with Gasteiger partial charge in [0.15, 0.2) is 5.82 Å². The fourth-order valence-corrected chi connectivity index (χ4v) is 3.11. The highest BCUT2D eigenvalue weighted by Crippen LogP contribution is 2.30. The van der Waals surface area contributed by atoms with Crippen molar-refractivity contribution >= 4 is 17.3 Å². The lowest BCUT2D eigenvalue weighted by atomic mass is 10.2. The zero-order chi connectivity index (χ0) is 23.1. The van der Waals surface area contributed by atoms with Crippen molar-refractivity contribution < 1.29 is 8.78 Å². The van der Waals surface area contributed by atoms with Gasteiger partial charge < -0.3 is 16.0 Å². The van der Waals surface area contributed by atoms with Crippen LogP contribution >= 0.6 is 0 Å². The molecule has 0 saturated heterocycles. The molecule has 0 atom stereocenters. The molecule has 3 heterocycles. The molecule has 0 radical (unpaired) electrons. The minimum absolute atomic E-state index is 0.316. The molecule has 168 valence electrons. The third-order valence-corrected chi connectivity index (χ3v) is 4.77. The number of rotatable bonds is 10. The molecule has 0 aliphatic carbocycles. The van der Waals surface area contributed by atoms with Gasteiger partial charge in [0.25, 0.3) is 5.92 Å². The second-order valence-electron chi connectivity index (χ2n) is 7.43. The molecule has 7 nitrogen and oxygen atoms in total. The average Bonchev–Trinajstić information content (AvgIpc) is 2.77. The molecule has 3 rings (SSSR count). The largest absolute Gasteiger partial charge is 0.396 e. The Balaban J connectivity index is 1.96. The normalized spacial score (nSPS) is 11.2. The van der Waals surface area contributed by atoms with Crippen LogP contribution in [0.15, 0.2) is 61.3 Å². The summed E-state index contributed by atoms with van der Waals surface area (Å²) in [6.07, 6.45) is 7.69. The van der Waals surface area contributed by atoms with E-state index in [0.29, 0.717) is 41.1 Å². The van der Waals surface area contributed by atoms with Crippen molar-refractivity contribution in [1.82, 2.24) is 19.9 Å². The summed E-state index contributed by atoms with van der Waals surface area (Å²) in [6, 6.07) is 7.84. The van der Waals surface area contributed by atoms with Gasteiger partial charge in [0.2, 0.25) is 0 Å². The number of nitrogens with zero attached hydrogens (tertiary/aromatic N) is 5. The number of nitrogen functional groups attached to an aromatic ring is 1. The van der Waals surface area contributed by atoms with Crippen molar-refractivity contribution in [1.29, 1.82) is 0 Å². The van der Waals surface area contributed by atoms with Crippen LogP contribution in [0.4, 0.5) is 26.1 Å². The minimum atomic E-state index is -3.05. The first kappa shape index (κ1) is 23.1.